The van der Waals surface area contributed by atoms with Crippen LogP contribution >= 0.6 is 0 Å². The Morgan fingerprint density at radius 3 is 2.54 bits per heavy atom. The standard InChI is InChI=1S/C14H14F6N2O2/c15-13(16,17)8-21-12(23)7-22-5-1-2-9-6-10(3-4-11(9)22)24-14(18,19)20/h3-4,6H,1-2,5,7-8H2,(H,21,23). The highest BCUT2D eigenvalue weighted by Crippen LogP contribution is 2.32. The number of amides is 1. The van der Waals surface area contributed by atoms with Crippen molar-refractivity contribution in [2.75, 3.05) is 24.5 Å². The van der Waals surface area contributed by atoms with Gasteiger partial charge in [-0.05, 0) is 36.6 Å². The van der Waals surface area contributed by atoms with E-state index in [4.69, 9.17) is 0 Å². The van der Waals surface area contributed by atoms with Crippen molar-refractivity contribution in [2.24, 2.45) is 0 Å². The highest BCUT2D eigenvalue weighted by Gasteiger charge is 2.32. The van der Waals surface area contributed by atoms with Crippen molar-refractivity contribution >= 4 is 11.6 Å². The van der Waals surface area contributed by atoms with Crippen LogP contribution in [-0.4, -0.2) is 38.1 Å². The minimum atomic E-state index is -4.81. The van der Waals surface area contributed by atoms with E-state index in [0.29, 0.717) is 30.6 Å². The molecule has 1 aromatic carbocycles. The second-order valence-electron chi connectivity index (χ2n) is 5.26. The van der Waals surface area contributed by atoms with Crippen LogP contribution in [0.5, 0.6) is 5.75 Å². The van der Waals surface area contributed by atoms with Gasteiger partial charge >= 0.3 is 12.5 Å². The van der Waals surface area contributed by atoms with Gasteiger partial charge < -0.3 is 15.0 Å². The van der Waals surface area contributed by atoms with Gasteiger partial charge in [-0.3, -0.25) is 4.79 Å². The minimum Gasteiger partial charge on any atom is -0.406 e. The predicted octanol–water partition coefficient (Wildman–Crippen LogP) is 3.02. The van der Waals surface area contributed by atoms with Gasteiger partial charge in [0.15, 0.2) is 0 Å². The summed E-state index contributed by atoms with van der Waals surface area (Å²) in [6, 6.07) is 3.70. The summed E-state index contributed by atoms with van der Waals surface area (Å²) >= 11 is 0. The number of alkyl halides is 6. The lowest BCUT2D eigenvalue weighted by Crippen LogP contribution is -2.42. The maximum absolute atomic E-state index is 12.2. The highest BCUT2D eigenvalue weighted by atomic mass is 19.4. The van der Waals surface area contributed by atoms with Crippen LogP contribution in [0.1, 0.15) is 12.0 Å². The van der Waals surface area contributed by atoms with Crippen molar-refractivity contribution in [1.29, 1.82) is 0 Å². The molecule has 0 fully saturated rings. The molecule has 0 aliphatic carbocycles. The summed E-state index contributed by atoms with van der Waals surface area (Å²) in [6.45, 7) is -1.31. The first-order valence-electron chi connectivity index (χ1n) is 7.00. The van der Waals surface area contributed by atoms with Crippen molar-refractivity contribution in [3.63, 3.8) is 0 Å². The summed E-state index contributed by atoms with van der Waals surface area (Å²) in [5.74, 6) is -1.18. The summed E-state index contributed by atoms with van der Waals surface area (Å²) in [5, 5.41) is 1.76. The molecule has 1 N–H and O–H groups in total. The minimum absolute atomic E-state index is 0.303. The normalized spacial score (nSPS) is 15.0. The number of halogens is 6. The number of nitrogens with one attached hydrogen (secondary N) is 1. The van der Waals surface area contributed by atoms with E-state index in [2.05, 4.69) is 4.74 Å². The zero-order valence-electron chi connectivity index (χ0n) is 12.3. The molecule has 2 rings (SSSR count). The third kappa shape index (κ3) is 5.50. The van der Waals surface area contributed by atoms with Crippen LogP contribution in [0.15, 0.2) is 18.2 Å². The number of ether oxygens (including phenoxy) is 1. The largest absolute Gasteiger partial charge is 0.573 e. The van der Waals surface area contributed by atoms with E-state index in [0.717, 1.165) is 6.07 Å². The molecule has 1 amide bonds. The van der Waals surface area contributed by atoms with Crippen LogP contribution < -0.4 is 15.0 Å². The molecular weight excluding hydrogens is 342 g/mol. The Morgan fingerprint density at radius 1 is 1.21 bits per heavy atom. The smallest absolute Gasteiger partial charge is 0.406 e. The maximum Gasteiger partial charge on any atom is 0.573 e. The molecule has 10 heteroatoms. The maximum atomic E-state index is 12.2. The molecule has 1 aliphatic rings. The number of fused-ring (bicyclic) bond motifs is 1. The van der Waals surface area contributed by atoms with E-state index in [-0.39, 0.29) is 12.3 Å². The average molecular weight is 356 g/mol. The van der Waals surface area contributed by atoms with E-state index >= 15 is 0 Å². The zero-order chi connectivity index (χ0) is 18.0. The number of nitrogens with zero attached hydrogens (tertiary/aromatic N) is 1. The van der Waals surface area contributed by atoms with Crippen molar-refractivity contribution in [3.05, 3.63) is 23.8 Å². The first kappa shape index (κ1) is 18.2. The summed E-state index contributed by atoms with van der Waals surface area (Å²) in [5.41, 5.74) is 1.06. The third-order valence-corrected chi connectivity index (χ3v) is 3.32. The number of carbonyl (C=O) groups is 1. The number of anilines is 1. The number of aryl methyl sites for hydroxylation is 1. The molecule has 1 heterocycles. The predicted molar refractivity (Wildman–Crippen MR) is 72.7 cm³/mol. The Balaban J connectivity index is 2.04. The molecule has 0 radical (unpaired) electrons. The number of carbonyl (C=O) groups excluding carboxylic acids is 1. The SMILES string of the molecule is O=C(CN1CCCc2cc(OC(F)(F)F)ccc21)NCC(F)(F)F. The van der Waals surface area contributed by atoms with Gasteiger partial charge in [-0.1, -0.05) is 0 Å². The van der Waals surface area contributed by atoms with Gasteiger partial charge in [-0.25, -0.2) is 0 Å². The van der Waals surface area contributed by atoms with E-state index in [1.165, 1.54) is 17.0 Å². The fraction of sp³-hybridized carbons (Fsp3) is 0.500. The molecule has 1 aromatic rings. The average Bonchev–Trinajstić information content (AvgIpc) is 2.43. The van der Waals surface area contributed by atoms with E-state index < -0.39 is 25.0 Å². The Morgan fingerprint density at radius 2 is 1.92 bits per heavy atom. The molecule has 0 atom stereocenters. The fourth-order valence-corrected chi connectivity index (χ4v) is 2.44. The second kappa shape index (κ2) is 6.78. The van der Waals surface area contributed by atoms with Crippen LogP contribution in [0, 0.1) is 0 Å². The van der Waals surface area contributed by atoms with E-state index in [9.17, 15) is 31.1 Å². The number of hydrogen-bond acceptors (Lipinski definition) is 3. The van der Waals surface area contributed by atoms with Crippen LogP contribution in [0.2, 0.25) is 0 Å². The number of hydrogen-bond donors (Lipinski definition) is 1. The highest BCUT2D eigenvalue weighted by molar-refractivity contribution is 5.82. The Hall–Kier alpha value is -2.13. The lowest BCUT2D eigenvalue weighted by Gasteiger charge is -2.31. The fourth-order valence-electron chi connectivity index (χ4n) is 2.44. The van der Waals surface area contributed by atoms with Gasteiger partial charge in [0.25, 0.3) is 0 Å². The molecular formula is C14H14F6N2O2. The Labute approximate surface area is 133 Å². The molecule has 134 valence electrons. The van der Waals surface area contributed by atoms with Crippen molar-refractivity contribution in [3.8, 4) is 5.75 Å². The first-order valence-corrected chi connectivity index (χ1v) is 7.00. The van der Waals surface area contributed by atoms with Crippen molar-refractivity contribution in [2.45, 2.75) is 25.4 Å². The first-order chi connectivity index (χ1) is 11.0. The lowest BCUT2D eigenvalue weighted by atomic mass is 10.0. The van der Waals surface area contributed by atoms with Gasteiger partial charge in [0, 0.05) is 12.2 Å². The molecule has 0 saturated heterocycles. The van der Waals surface area contributed by atoms with E-state index in [1.807, 2.05) is 0 Å². The second-order valence-corrected chi connectivity index (χ2v) is 5.26. The molecule has 1 aliphatic heterocycles. The Bertz CT molecular complexity index is 600. The van der Waals surface area contributed by atoms with Crippen molar-refractivity contribution < 1.29 is 35.9 Å². The van der Waals surface area contributed by atoms with Gasteiger partial charge in [0.2, 0.25) is 5.91 Å². The van der Waals surface area contributed by atoms with Gasteiger partial charge in [0.05, 0.1) is 6.54 Å². The number of rotatable bonds is 4. The summed E-state index contributed by atoms with van der Waals surface area (Å²) < 4.78 is 76.8. The zero-order valence-corrected chi connectivity index (χ0v) is 12.3. The van der Waals surface area contributed by atoms with Crippen LogP contribution in [0.3, 0.4) is 0 Å². The van der Waals surface area contributed by atoms with Crippen molar-refractivity contribution in [1.82, 2.24) is 5.32 Å². The third-order valence-electron chi connectivity index (χ3n) is 3.32. The molecule has 4 nitrogen and oxygen atoms in total. The molecule has 0 aromatic heterocycles. The molecule has 24 heavy (non-hydrogen) atoms. The summed E-state index contributed by atoms with van der Waals surface area (Å²) in [6.07, 6.45) is -8.25. The summed E-state index contributed by atoms with van der Waals surface area (Å²) in [7, 11) is 0. The summed E-state index contributed by atoms with van der Waals surface area (Å²) in [4.78, 5) is 13.1. The van der Waals surface area contributed by atoms with Gasteiger partial charge in [-0.15, -0.1) is 13.2 Å². The molecule has 0 unspecified atom stereocenters. The monoisotopic (exact) mass is 356 g/mol. The quantitative estimate of drug-likeness (QED) is 0.844. The lowest BCUT2D eigenvalue weighted by molar-refractivity contribution is -0.274. The Kier molecular flexibility index (Phi) is 5.14. The van der Waals surface area contributed by atoms with Gasteiger partial charge in [-0.2, -0.15) is 13.2 Å². The van der Waals surface area contributed by atoms with Crippen LogP contribution in [0.4, 0.5) is 32.0 Å². The van der Waals surface area contributed by atoms with Gasteiger partial charge in [0.1, 0.15) is 12.3 Å². The van der Waals surface area contributed by atoms with Crippen LogP contribution in [-0.2, 0) is 11.2 Å². The molecule has 0 saturated carbocycles. The topological polar surface area (TPSA) is 41.6 Å². The van der Waals surface area contributed by atoms with E-state index in [1.54, 1.807) is 5.32 Å². The molecule has 0 spiro atoms. The van der Waals surface area contributed by atoms with Crippen LogP contribution in [0.25, 0.3) is 0 Å². The molecule has 0 bridgehead atoms. The number of benzene rings is 1.